The van der Waals surface area contributed by atoms with E-state index in [0.717, 1.165) is 33.9 Å². The van der Waals surface area contributed by atoms with Crippen molar-refractivity contribution in [2.75, 3.05) is 5.32 Å². The summed E-state index contributed by atoms with van der Waals surface area (Å²) in [6, 6.07) is 32.1. The first-order valence-corrected chi connectivity index (χ1v) is 10.0. The average molecular weight is 394 g/mol. The number of nitrogens with one attached hydrogen (secondary N) is 1. The number of fused-ring (bicyclic) bond motifs is 3. The van der Waals surface area contributed by atoms with Crippen LogP contribution in [0, 0.1) is 0 Å². The lowest BCUT2D eigenvalue weighted by molar-refractivity contribution is -0.150. The third-order valence-electron chi connectivity index (χ3n) is 5.61. The third kappa shape index (κ3) is 2.98. The van der Waals surface area contributed by atoms with Gasteiger partial charge in [0.25, 0.3) is 0 Å². The SMILES string of the molecule is C[C@]1(C(=O)OCc2ccccc2)Nc2ccccc2-n2c(-c3ccccc3)ccc21. The molecule has 0 unspecified atom stereocenters. The van der Waals surface area contributed by atoms with Crippen LogP contribution in [0.4, 0.5) is 5.69 Å². The van der Waals surface area contributed by atoms with Gasteiger partial charge >= 0.3 is 5.97 Å². The van der Waals surface area contributed by atoms with E-state index < -0.39 is 5.54 Å². The minimum Gasteiger partial charge on any atom is -0.459 e. The molecule has 1 aliphatic rings. The highest BCUT2D eigenvalue weighted by Gasteiger charge is 2.43. The number of rotatable bonds is 4. The van der Waals surface area contributed by atoms with Crippen LogP contribution in [0.3, 0.4) is 0 Å². The lowest BCUT2D eigenvalue weighted by Crippen LogP contribution is -2.45. The number of nitrogens with zero attached hydrogens (tertiary/aromatic N) is 1. The Hall–Kier alpha value is -3.79. The zero-order valence-electron chi connectivity index (χ0n) is 16.7. The molecule has 5 rings (SSSR count). The van der Waals surface area contributed by atoms with Crippen LogP contribution in [-0.2, 0) is 21.7 Å². The summed E-state index contributed by atoms with van der Waals surface area (Å²) in [5.41, 5.74) is 4.88. The minimum absolute atomic E-state index is 0.241. The molecule has 148 valence electrons. The Balaban J connectivity index is 1.57. The first-order chi connectivity index (χ1) is 14.7. The van der Waals surface area contributed by atoms with E-state index in [1.807, 2.05) is 79.7 Å². The molecule has 1 aromatic heterocycles. The van der Waals surface area contributed by atoms with Crippen molar-refractivity contribution in [1.29, 1.82) is 0 Å². The number of benzene rings is 3. The zero-order valence-corrected chi connectivity index (χ0v) is 16.7. The number of hydrogen-bond donors (Lipinski definition) is 1. The molecule has 1 N–H and O–H groups in total. The number of para-hydroxylation sites is 2. The van der Waals surface area contributed by atoms with Gasteiger partial charge in [0.1, 0.15) is 6.61 Å². The van der Waals surface area contributed by atoms with Crippen LogP contribution < -0.4 is 5.32 Å². The molecule has 0 aliphatic carbocycles. The van der Waals surface area contributed by atoms with E-state index in [2.05, 4.69) is 34.1 Å². The Morgan fingerprint density at radius 3 is 2.30 bits per heavy atom. The molecule has 0 saturated carbocycles. The number of esters is 1. The molecular weight excluding hydrogens is 372 g/mol. The highest BCUT2D eigenvalue weighted by atomic mass is 16.5. The maximum Gasteiger partial charge on any atom is 0.338 e. The lowest BCUT2D eigenvalue weighted by atomic mass is 9.94. The van der Waals surface area contributed by atoms with Crippen LogP contribution in [0.25, 0.3) is 16.9 Å². The molecule has 1 aliphatic heterocycles. The molecule has 1 atom stereocenters. The van der Waals surface area contributed by atoms with E-state index >= 15 is 0 Å². The largest absolute Gasteiger partial charge is 0.459 e. The first-order valence-electron chi connectivity index (χ1n) is 10.0. The van der Waals surface area contributed by atoms with Gasteiger partial charge in [-0.3, -0.25) is 0 Å². The Morgan fingerprint density at radius 2 is 1.53 bits per heavy atom. The van der Waals surface area contributed by atoms with Crippen LogP contribution in [-0.4, -0.2) is 10.5 Å². The van der Waals surface area contributed by atoms with Crippen molar-refractivity contribution in [2.45, 2.75) is 19.1 Å². The third-order valence-corrected chi connectivity index (χ3v) is 5.61. The Morgan fingerprint density at radius 1 is 0.867 bits per heavy atom. The molecule has 0 bridgehead atoms. The van der Waals surface area contributed by atoms with Gasteiger partial charge in [0, 0.05) is 0 Å². The van der Waals surface area contributed by atoms with Gasteiger partial charge in [-0.25, -0.2) is 4.79 Å². The molecule has 0 saturated heterocycles. The van der Waals surface area contributed by atoms with Gasteiger partial charge in [-0.2, -0.15) is 0 Å². The number of hydrogen-bond acceptors (Lipinski definition) is 3. The van der Waals surface area contributed by atoms with E-state index in [1.54, 1.807) is 0 Å². The Bertz CT molecular complexity index is 1200. The fourth-order valence-electron chi connectivity index (χ4n) is 4.05. The monoisotopic (exact) mass is 394 g/mol. The smallest absolute Gasteiger partial charge is 0.338 e. The second-order valence-electron chi connectivity index (χ2n) is 7.63. The maximum absolute atomic E-state index is 13.3. The van der Waals surface area contributed by atoms with Crippen LogP contribution >= 0.6 is 0 Å². The Kier molecular flexibility index (Phi) is 4.40. The van der Waals surface area contributed by atoms with Crippen LogP contribution in [0.1, 0.15) is 18.2 Å². The van der Waals surface area contributed by atoms with Crippen molar-refractivity contribution in [3.05, 3.63) is 108 Å². The summed E-state index contributed by atoms with van der Waals surface area (Å²) in [6.07, 6.45) is 0. The number of carbonyl (C=O) groups is 1. The van der Waals surface area contributed by atoms with E-state index in [-0.39, 0.29) is 12.6 Å². The quantitative estimate of drug-likeness (QED) is 0.463. The summed E-state index contributed by atoms with van der Waals surface area (Å²) in [4.78, 5) is 13.3. The standard InChI is InChI=1S/C26H22N2O2/c1-26(25(29)30-18-19-10-4-2-5-11-19)24-17-16-22(20-12-6-3-7-13-20)28(24)23-15-9-8-14-21(23)27-26/h2-17,27H,18H2,1H3/t26-/m0/s1. The van der Waals surface area contributed by atoms with Crippen molar-refractivity contribution in [3.63, 3.8) is 0 Å². The topological polar surface area (TPSA) is 43.3 Å². The molecule has 2 heterocycles. The highest BCUT2D eigenvalue weighted by Crippen LogP contribution is 2.41. The first kappa shape index (κ1) is 18.3. The molecule has 4 nitrogen and oxygen atoms in total. The summed E-state index contributed by atoms with van der Waals surface area (Å²) >= 11 is 0. The van der Waals surface area contributed by atoms with Gasteiger partial charge < -0.3 is 14.6 Å². The normalized spacial score (nSPS) is 16.8. The van der Waals surface area contributed by atoms with Gasteiger partial charge in [-0.15, -0.1) is 0 Å². The van der Waals surface area contributed by atoms with E-state index in [4.69, 9.17) is 4.74 Å². The molecular formula is C26H22N2O2. The predicted octanol–water partition coefficient (Wildman–Crippen LogP) is 5.53. The summed E-state index contributed by atoms with van der Waals surface area (Å²) in [6.45, 7) is 2.13. The van der Waals surface area contributed by atoms with Crippen LogP contribution in [0.5, 0.6) is 0 Å². The average Bonchev–Trinajstić information content (AvgIpc) is 3.25. The molecule has 30 heavy (non-hydrogen) atoms. The van der Waals surface area contributed by atoms with Gasteiger partial charge in [-0.05, 0) is 42.3 Å². The number of anilines is 1. The maximum atomic E-state index is 13.3. The number of aromatic nitrogens is 1. The van der Waals surface area contributed by atoms with E-state index in [9.17, 15) is 4.79 Å². The van der Waals surface area contributed by atoms with Crippen LogP contribution in [0.15, 0.2) is 97.1 Å². The summed E-state index contributed by atoms with van der Waals surface area (Å²) in [7, 11) is 0. The predicted molar refractivity (Wildman–Crippen MR) is 118 cm³/mol. The van der Waals surface area contributed by atoms with E-state index in [1.165, 1.54) is 0 Å². The second kappa shape index (κ2) is 7.23. The minimum atomic E-state index is -1.00. The molecule has 0 amide bonds. The fraction of sp³-hybridized carbons (Fsp3) is 0.115. The summed E-state index contributed by atoms with van der Waals surface area (Å²) < 4.78 is 7.90. The molecule has 4 heteroatoms. The van der Waals surface area contributed by atoms with Crippen molar-refractivity contribution in [1.82, 2.24) is 4.57 Å². The molecule has 4 aromatic rings. The van der Waals surface area contributed by atoms with Gasteiger partial charge in [-0.1, -0.05) is 72.8 Å². The van der Waals surface area contributed by atoms with Crippen molar-refractivity contribution < 1.29 is 9.53 Å². The molecule has 0 fully saturated rings. The fourth-order valence-corrected chi connectivity index (χ4v) is 4.05. The zero-order chi connectivity index (χ0) is 20.6. The summed E-state index contributed by atoms with van der Waals surface area (Å²) in [5.74, 6) is -0.306. The number of ether oxygens (including phenoxy) is 1. The molecule has 3 aromatic carbocycles. The molecule has 0 radical (unpaired) electrons. The Labute approximate surface area is 175 Å². The van der Waals surface area contributed by atoms with E-state index in [0.29, 0.717) is 0 Å². The van der Waals surface area contributed by atoms with Crippen LogP contribution in [0.2, 0.25) is 0 Å². The van der Waals surface area contributed by atoms with Gasteiger partial charge in [0.2, 0.25) is 0 Å². The lowest BCUT2D eigenvalue weighted by Gasteiger charge is -2.36. The summed E-state index contributed by atoms with van der Waals surface area (Å²) in [5, 5.41) is 3.44. The molecule has 0 spiro atoms. The highest BCUT2D eigenvalue weighted by molar-refractivity contribution is 5.89. The van der Waals surface area contributed by atoms with Gasteiger partial charge in [0.05, 0.1) is 22.8 Å². The number of carbonyl (C=O) groups excluding carboxylic acids is 1. The van der Waals surface area contributed by atoms with Crippen molar-refractivity contribution in [2.24, 2.45) is 0 Å². The van der Waals surface area contributed by atoms with Crippen molar-refractivity contribution in [3.8, 4) is 16.9 Å². The van der Waals surface area contributed by atoms with Gasteiger partial charge in [0.15, 0.2) is 5.54 Å². The van der Waals surface area contributed by atoms with Crippen molar-refractivity contribution >= 4 is 11.7 Å². The second-order valence-corrected chi connectivity index (χ2v) is 7.63.